The summed E-state index contributed by atoms with van der Waals surface area (Å²) in [6, 6.07) is 3.46. The Morgan fingerprint density at radius 2 is 1.97 bits per heavy atom. The minimum atomic E-state index is -4.71. The third-order valence-electron chi connectivity index (χ3n) is 6.52. The van der Waals surface area contributed by atoms with Gasteiger partial charge in [-0.05, 0) is 36.4 Å². The maximum Gasteiger partial charge on any atom is 0.434 e. The van der Waals surface area contributed by atoms with Crippen LogP contribution in [0.3, 0.4) is 0 Å². The van der Waals surface area contributed by atoms with E-state index in [9.17, 15) is 22.8 Å². The van der Waals surface area contributed by atoms with Crippen molar-refractivity contribution in [2.75, 3.05) is 36.9 Å². The van der Waals surface area contributed by atoms with Crippen LogP contribution in [0.1, 0.15) is 25.5 Å². The summed E-state index contributed by atoms with van der Waals surface area (Å²) >= 11 is 0.582. The average molecular weight is 589 g/mol. The maximum atomic E-state index is 13.7. The summed E-state index contributed by atoms with van der Waals surface area (Å²) in [6.07, 6.45) is -3.51. The van der Waals surface area contributed by atoms with E-state index in [0.717, 1.165) is 12.2 Å². The molecule has 1 saturated heterocycles. The zero-order chi connectivity index (χ0) is 29.0. The van der Waals surface area contributed by atoms with Gasteiger partial charge in [0.05, 0.1) is 0 Å². The molecule has 2 aromatic heterocycles. The van der Waals surface area contributed by atoms with Crippen molar-refractivity contribution in [3.05, 3.63) is 34.4 Å². The van der Waals surface area contributed by atoms with Crippen molar-refractivity contribution in [3.63, 3.8) is 0 Å². The number of nitrogens with one attached hydrogen (secondary N) is 1. The van der Waals surface area contributed by atoms with Crippen LogP contribution < -0.4 is 21.5 Å². The van der Waals surface area contributed by atoms with E-state index in [1.807, 2.05) is 11.8 Å². The first-order valence-corrected chi connectivity index (χ1v) is 17.0. The standard InChI is InChI=1S/C24H35F3N6O4SSi/c1-23(14-30-22(35)36)7-10-32(11-8-23)21-31-19(28)17(20(34)33(21)15-37-12-13-39(2,3)4)38-16-6-5-9-29-18(16)24(25,26)27/h5-6,9,30H,7-8,10-15,28H2,1-4H3,(H,35,36). The molecule has 0 aromatic carbocycles. The van der Waals surface area contributed by atoms with E-state index >= 15 is 0 Å². The van der Waals surface area contributed by atoms with E-state index in [2.05, 4.69) is 34.9 Å². The van der Waals surface area contributed by atoms with Crippen LogP contribution in [0.15, 0.2) is 32.9 Å². The number of nitrogens with zero attached hydrogens (tertiary/aromatic N) is 4. The predicted octanol–water partition coefficient (Wildman–Crippen LogP) is 4.58. The van der Waals surface area contributed by atoms with E-state index in [1.165, 1.54) is 16.7 Å². The fourth-order valence-electron chi connectivity index (χ4n) is 4.04. The molecule has 10 nitrogen and oxygen atoms in total. The predicted molar refractivity (Wildman–Crippen MR) is 146 cm³/mol. The number of ether oxygens (including phenoxy) is 1. The molecule has 4 N–H and O–H groups in total. The molecular weight excluding hydrogens is 553 g/mol. The number of halogens is 3. The van der Waals surface area contributed by atoms with Crippen molar-refractivity contribution in [1.82, 2.24) is 19.9 Å². The topological polar surface area (TPSA) is 136 Å². The lowest BCUT2D eigenvalue weighted by Gasteiger charge is -2.40. The quantitative estimate of drug-likeness (QED) is 0.269. The first kappa shape index (κ1) is 30.8. The normalized spacial score (nSPS) is 15.8. The van der Waals surface area contributed by atoms with E-state index in [1.54, 1.807) is 0 Å². The van der Waals surface area contributed by atoms with Gasteiger partial charge in [0.1, 0.15) is 17.4 Å². The lowest BCUT2D eigenvalue weighted by molar-refractivity contribution is -0.143. The number of anilines is 2. The number of alkyl halides is 3. The first-order valence-electron chi connectivity index (χ1n) is 12.5. The summed E-state index contributed by atoms with van der Waals surface area (Å²) in [4.78, 5) is 34.0. The highest BCUT2D eigenvalue weighted by atomic mass is 32.2. The summed E-state index contributed by atoms with van der Waals surface area (Å²) < 4.78 is 47.8. The third kappa shape index (κ3) is 8.35. The molecule has 3 heterocycles. The summed E-state index contributed by atoms with van der Waals surface area (Å²) in [6.45, 7) is 10.1. The number of hydrogen-bond donors (Lipinski definition) is 3. The molecule has 1 aliphatic rings. The van der Waals surface area contributed by atoms with Gasteiger partial charge in [-0.1, -0.05) is 38.3 Å². The molecule has 0 aliphatic carbocycles. The number of aromatic nitrogens is 3. The SMILES string of the molecule is CC1(CNC(=O)O)CCN(c2nc(N)c(Sc3cccnc3C(F)(F)F)c(=O)n2COCC[Si](C)(C)C)CC1. The van der Waals surface area contributed by atoms with Gasteiger partial charge in [-0.25, -0.2) is 4.79 Å². The van der Waals surface area contributed by atoms with Crippen LogP contribution in [0.5, 0.6) is 0 Å². The number of amides is 1. The number of nitrogen functional groups attached to an aromatic ring is 1. The van der Waals surface area contributed by atoms with Crippen molar-refractivity contribution in [1.29, 1.82) is 0 Å². The Bertz CT molecular complexity index is 1230. The molecule has 1 fully saturated rings. The smallest absolute Gasteiger partial charge is 0.434 e. The van der Waals surface area contributed by atoms with Gasteiger partial charge in [-0.3, -0.25) is 14.3 Å². The lowest BCUT2D eigenvalue weighted by Crippen LogP contribution is -2.46. The minimum Gasteiger partial charge on any atom is -0.465 e. The lowest BCUT2D eigenvalue weighted by atomic mass is 9.80. The van der Waals surface area contributed by atoms with Crippen molar-refractivity contribution < 1.29 is 27.8 Å². The molecule has 15 heteroatoms. The Balaban J connectivity index is 1.94. The molecule has 0 bridgehead atoms. The average Bonchev–Trinajstić information content (AvgIpc) is 2.83. The van der Waals surface area contributed by atoms with Crippen LogP contribution in [0.25, 0.3) is 0 Å². The zero-order valence-electron chi connectivity index (χ0n) is 22.5. The summed E-state index contributed by atoms with van der Waals surface area (Å²) in [7, 11) is -1.41. The van der Waals surface area contributed by atoms with Gasteiger partial charge in [-0.15, -0.1) is 0 Å². The van der Waals surface area contributed by atoms with E-state index < -0.39 is 31.6 Å². The van der Waals surface area contributed by atoms with Crippen LogP contribution in [-0.4, -0.2) is 60.0 Å². The maximum absolute atomic E-state index is 13.7. The monoisotopic (exact) mass is 588 g/mol. The van der Waals surface area contributed by atoms with Crippen LogP contribution in [0.2, 0.25) is 25.7 Å². The third-order valence-corrected chi connectivity index (χ3v) is 9.36. The van der Waals surface area contributed by atoms with Gasteiger partial charge in [0.25, 0.3) is 5.56 Å². The van der Waals surface area contributed by atoms with Crippen LogP contribution in [0, 0.1) is 5.41 Å². The van der Waals surface area contributed by atoms with Crippen LogP contribution in [0.4, 0.5) is 29.7 Å². The highest BCUT2D eigenvalue weighted by molar-refractivity contribution is 7.99. The summed E-state index contributed by atoms with van der Waals surface area (Å²) in [5.41, 5.74) is 4.18. The van der Waals surface area contributed by atoms with Crippen LogP contribution >= 0.6 is 11.8 Å². The molecule has 0 unspecified atom stereocenters. The molecule has 2 aromatic rings. The van der Waals surface area contributed by atoms with Crippen molar-refractivity contribution in [3.8, 4) is 0 Å². The second kappa shape index (κ2) is 12.2. The molecule has 0 radical (unpaired) electrons. The number of carboxylic acid groups (broad SMARTS) is 1. The second-order valence-corrected chi connectivity index (χ2v) is 17.8. The second-order valence-electron chi connectivity index (χ2n) is 11.1. The summed E-state index contributed by atoms with van der Waals surface area (Å²) in [5, 5.41) is 11.4. The van der Waals surface area contributed by atoms with Crippen molar-refractivity contribution in [2.45, 2.75) is 68.1 Å². The van der Waals surface area contributed by atoms with E-state index in [4.69, 9.17) is 15.6 Å². The van der Waals surface area contributed by atoms with Gasteiger partial charge in [0, 0.05) is 45.4 Å². The molecule has 0 spiro atoms. The van der Waals surface area contributed by atoms with Crippen LogP contribution in [-0.2, 0) is 17.6 Å². The molecule has 3 rings (SSSR count). The number of rotatable bonds is 10. The van der Waals surface area contributed by atoms with E-state index in [0.29, 0.717) is 50.8 Å². The van der Waals surface area contributed by atoms with Gasteiger partial charge in [0.15, 0.2) is 5.69 Å². The van der Waals surface area contributed by atoms with Gasteiger partial charge in [-0.2, -0.15) is 18.2 Å². The number of pyridine rings is 1. The molecule has 216 valence electrons. The van der Waals surface area contributed by atoms with Gasteiger partial charge in [0.2, 0.25) is 5.95 Å². The number of piperidine rings is 1. The fraction of sp³-hybridized carbons (Fsp3) is 0.583. The molecule has 1 aliphatic heterocycles. The Morgan fingerprint density at radius 1 is 1.31 bits per heavy atom. The zero-order valence-corrected chi connectivity index (χ0v) is 24.3. The van der Waals surface area contributed by atoms with Gasteiger partial charge >= 0.3 is 12.3 Å². The highest BCUT2D eigenvalue weighted by Gasteiger charge is 2.36. The molecule has 39 heavy (non-hydrogen) atoms. The van der Waals surface area contributed by atoms with Crippen molar-refractivity contribution in [2.24, 2.45) is 5.41 Å². The van der Waals surface area contributed by atoms with E-state index in [-0.39, 0.29) is 33.7 Å². The molecule has 0 atom stereocenters. The molecule has 1 amide bonds. The van der Waals surface area contributed by atoms with Crippen molar-refractivity contribution >= 4 is 37.7 Å². The highest BCUT2D eigenvalue weighted by Crippen LogP contribution is 2.39. The largest absolute Gasteiger partial charge is 0.465 e. The number of nitrogens with two attached hydrogens (primary N) is 1. The number of hydrogen-bond acceptors (Lipinski definition) is 8. The Morgan fingerprint density at radius 3 is 2.56 bits per heavy atom. The summed E-state index contributed by atoms with van der Waals surface area (Å²) in [5.74, 6) is 0.0848. The Hall–Kier alpha value is -2.78. The number of carbonyl (C=O) groups is 1. The molecule has 0 saturated carbocycles. The fourth-order valence-corrected chi connectivity index (χ4v) is 5.77. The Labute approximate surface area is 230 Å². The Kier molecular flexibility index (Phi) is 9.59. The minimum absolute atomic E-state index is 0.132. The molecular formula is C24H35F3N6O4SSi. The first-order chi connectivity index (χ1) is 18.1. The van der Waals surface area contributed by atoms with Gasteiger partial charge < -0.3 is 25.8 Å².